The van der Waals surface area contributed by atoms with Gasteiger partial charge < -0.3 is 9.80 Å². The molecule has 0 atom stereocenters. The Morgan fingerprint density at radius 3 is 2.37 bits per heavy atom. The largest absolute Gasteiger partial charge is 0.377 e. The first-order valence-corrected chi connectivity index (χ1v) is 6.50. The van der Waals surface area contributed by atoms with Crippen LogP contribution in [0.15, 0.2) is 42.5 Å². The zero-order chi connectivity index (χ0) is 13.8. The van der Waals surface area contributed by atoms with E-state index in [1.807, 2.05) is 12.1 Å². The molecule has 2 aromatic rings. The molecule has 0 fully saturated rings. The summed E-state index contributed by atoms with van der Waals surface area (Å²) in [5.41, 5.74) is 5.12. The highest BCUT2D eigenvalue weighted by atomic mass is 15.1. The summed E-state index contributed by atoms with van der Waals surface area (Å²) in [6.45, 7) is 0.946. The molecule has 0 bridgehead atoms. The number of hydrogen-bond donors (Lipinski definition) is 0. The summed E-state index contributed by atoms with van der Waals surface area (Å²) in [5, 5.41) is 0. The normalized spacial score (nSPS) is 10.8. The molecule has 0 amide bonds. The van der Waals surface area contributed by atoms with Crippen molar-refractivity contribution in [3.8, 4) is 11.1 Å². The Balaban J connectivity index is 2.53. The van der Waals surface area contributed by atoms with E-state index in [2.05, 4.69) is 74.4 Å². The second-order valence-corrected chi connectivity index (χ2v) is 5.23. The van der Waals surface area contributed by atoms with Gasteiger partial charge in [0.25, 0.3) is 0 Å². The summed E-state index contributed by atoms with van der Waals surface area (Å²) in [5.74, 6) is 0. The fourth-order valence-electron chi connectivity index (χ4n) is 2.28. The van der Waals surface area contributed by atoms with Gasteiger partial charge in [-0.25, -0.2) is 0 Å². The maximum absolute atomic E-state index is 3.16. The van der Waals surface area contributed by atoms with Crippen LogP contribution in [-0.4, -0.2) is 33.1 Å². The topological polar surface area (TPSA) is 6.48 Å². The first kappa shape index (κ1) is 13.6. The van der Waals surface area contributed by atoms with Gasteiger partial charge in [-0.05, 0) is 37.4 Å². The third-order valence-electron chi connectivity index (χ3n) is 3.12. The molecule has 0 aliphatic heterocycles. The van der Waals surface area contributed by atoms with Crippen molar-refractivity contribution in [1.82, 2.24) is 4.90 Å². The molecule has 0 spiro atoms. The van der Waals surface area contributed by atoms with Gasteiger partial charge in [0.15, 0.2) is 0 Å². The van der Waals surface area contributed by atoms with E-state index in [1.54, 1.807) is 0 Å². The molecule has 0 aliphatic rings. The Hall–Kier alpha value is -1.80. The summed E-state index contributed by atoms with van der Waals surface area (Å²) in [4.78, 5) is 4.33. The van der Waals surface area contributed by atoms with Crippen LogP contribution in [0.2, 0.25) is 0 Å². The highest BCUT2D eigenvalue weighted by molar-refractivity contribution is 5.80. The van der Waals surface area contributed by atoms with Gasteiger partial charge in [-0.3, -0.25) is 0 Å². The van der Waals surface area contributed by atoms with Gasteiger partial charge in [0, 0.05) is 31.9 Å². The molecule has 0 N–H and O–H groups in total. The summed E-state index contributed by atoms with van der Waals surface area (Å²) < 4.78 is 0. The van der Waals surface area contributed by atoms with Crippen LogP contribution in [0.5, 0.6) is 0 Å². The molecular formula is C17H21N2. The van der Waals surface area contributed by atoms with Crippen LogP contribution >= 0.6 is 0 Å². The van der Waals surface area contributed by atoms with Gasteiger partial charge in [0.1, 0.15) is 0 Å². The highest BCUT2D eigenvalue weighted by Crippen LogP contribution is 2.32. The van der Waals surface area contributed by atoms with E-state index in [0.29, 0.717) is 0 Å². The van der Waals surface area contributed by atoms with Crippen LogP contribution in [0, 0.1) is 6.07 Å². The lowest BCUT2D eigenvalue weighted by molar-refractivity contribution is 0.403. The zero-order valence-corrected chi connectivity index (χ0v) is 12.1. The van der Waals surface area contributed by atoms with E-state index in [0.717, 1.165) is 6.54 Å². The molecule has 0 aromatic heterocycles. The molecule has 2 rings (SSSR count). The summed E-state index contributed by atoms with van der Waals surface area (Å²) >= 11 is 0. The van der Waals surface area contributed by atoms with Crippen molar-refractivity contribution >= 4 is 5.69 Å². The lowest BCUT2D eigenvalue weighted by atomic mass is 9.97. The van der Waals surface area contributed by atoms with Gasteiger partial charge >= 0.3 is 0 Å². The number of benzene rings is 2. The fourth-order valence-corrected chi connectivity index (χ4v) is 2.28. The van der Waals surface area contributed by atoms with Crippen molar-refractivity contribution in [1.29, 1.82) is 0 Å². The molecule has 2 aromatic carbocycles. The Bertz CT molecular complexity index is 544. The van der Waals surface area contributed by atoms with Crippen molar-refractivity contribution in [2.45, 2.75) is 6.54 Å². The molecule has 99 valence electrons. The van der Waals surface area contributed by atoms with Crippen LogP contribution in [-0.2, 0) is 6.54 Å². The van der Waals surface area contributed by atoms with Crippen molar-refractivity contribution in [3.63, 3.8) is 0 Å². The van der Waals surface area contributed by atoms with Gasteiger partial charge in [0.2, 0.25) is 0 Å². The third-order valence-corrected chi connectivity index (χ3v) is 3.12. The number of anilines is 1. The van der Waals surface area contributed by atoms with E-state index in [-0.39, 0.29) is 0 Å². The minimum Gasteiger partial charge on any atom is -0.377 e. The molecule has 1 radical (unpaired) electrons. The Kier molecular flexibility index (Phi) is 4.23. The zero-order valence-electron chi connectivity index (χ0n) is 12.1. The average Bonchev–Trinajstić information content (AvgIpc) is 2.38. The van der Waals surface area contributed by atoms with Crippen molar-refractivity contribution in [2.75, 3.05) is 33.1 Å². The van der Waals surface area contributed by atoms with Gasteiger partial charge in [-0.1, -0.05) is 36.4 Å². The van der Waals surface area contributed by atoms with Crippen LogP contribution in [0.4, 0.5) is 5.69 Å². The molecule has 0 aliphatic carbocycles. The maximum atomic E-state index is 3.16. The summed E-state index contributed by atoms with van der Waals surface area (Å²) in [6, 6.07) is 17.9. The minimum absolute atomic E-state index is 0.946. The van der Waals surface area contributed by atoms with Crippen molar-refractivity contribution in [2.24, 2.45) is 0 Å². The average molecular weight is 253 g/mol. The standard InChI is InChI=1S/C17H21N2/c1-18(2)13-14-9-5-6-10-15(14)16-11-7-8-12-17(16)19(3)4/h5-7,9-12H,13H2,1-4H3. The third kappa shape index (κ3) is 3.15. The second-order valence-electron chi connectivity index (χ2n) is 5.23. The SMILES string of the molecule is CN(C)Cc1ccccc1-c1cc[c]cc1N(C)C. The van der Waals surface area contributed by atoms with E-state index < -0.39 is 0 Å². The summed E-state index contributed by atoms with van der Waals surface area (Å²) in [6.07, 6.45) is 0. The van der Waals surface area contributed by atoms with Gasteiger partial charge in [-0.15, -0.1) is 0 Å². The van der Waals surface area contributed by atoms with Crippen molar-refractivity contribution < 1.29 is 0 Å². The van der Waals surface area contributed by atoms with Crippen molar-refractivity contribution in [3.05, 3.63) is 54.1 Å². The fraction of sp³-hybridized carbons (Fsp3) is 0.294. The number of nitrogens with zero attached hydrogens (tertiary/aromatic N) is 2. The van der Waals surface area contributed by atoms with E-state index in [1.165, 1.54) is 22.4 Å². The van der Waals surface area contributed by atoms with Crippen LogP contribution in [0.1, 0.15) is 5.56 Å². The Labute approximate surface area is 116 Å². The Morgan fingerprint density at radius 2 is 1.68 bits per heavy atom. The van der Waals surface area contributed by atoms with Gasteiger partial charge in [0.05, 0.1) is 0 Å². The Morgan fingerprint density at radius 1 is 0.947 bits per heavy atom. The van der Waals surface area contributed by atoms with Crippen LogP contribution in [0.3, 0.4) is 0 Å². The van der Waals surface area contributed by atoms with Crippen LogP contribution < -0.4 is 4.90 Å². The second kappa shape index (κ2) is 5.89. The van der Waals surface area contributed by atoms with Crippen LogP contribution in [0.25, 0.3) is 11.1 Å². The molecular weight excluding hydrogens is 232 g/mol. The van der Waals surface area contributed by atoms with Gasteiger partial charge in [-0.2, -0.15) is 0 Å². The smallest absolute Gasteiger partial charge is 0.0447 e. The lowest BCUT2D eigenvalue weighted by Gasteiger charge is -2.20. The molecule has 2 heteroatoms. The molecule has 0 unspecified atom stereocenters. The predicted molar refractivity (Wildman–Crippen MR) is 82.4 cm³/mol. The predicted octanol–water partition coefficient (Wildman–Crippen LogP) is 3.28. The molecule has 19 heavy (non-hydrogen) atoms. The number of rotatable bonds is 4. The van der Waals surface area contributed by atoms with E-state index >= 15 is 0 Å². The highest BCUT2D eigenvalue weighted by Gasteiger charge is 2.10. The minimum atomic E-state index is 0.946. The van der Waals surface area contributed by atoms with E-state index in [4.69, 9.17) is 0 Å². The maximum Gasteiger partial charge on any atom is 0.0447 e. The number of hydrogen-bond acceptors (Lipinski definition) is 2. The molecule has 2 nitrogen and oxygen atoms in total. The monoisotopic (exact) mass is 253 g/mol. The summed E-state index contributed by atoms with van der Waals surface area (Å²) in [7, 11) is 8.34. The lowest BCUT2D eigenvalue weighted by Crippen LogP contribution is -2.13. The first-order chi connectivity index (χ1) is 9.09. The molecule has 0 heterocycles. The quantitative estimate of drug-likeness (QED) is 0.825. The molecule has 0 saturated heterocycles. The first-order valence-electron chi connectivity index (χ1n) is 6.50. The van der Waals surface area contributed by atoms with E-state index in [9.17, 15) is 0 Å². The molecule has 0 saturated carbocycles.